The van der Waals surface area contributed by atoms with Crippen molar-refractivity contribution in [1.29, 1.82) is 0 Å². The van der Waals surface area contributed by atoms with Gasteiger partial charge in [-0.3, -0.25) is 4.79 Å². The van der Waals surface area contributed by atoms with E-state index in [0.717, 1.165) is 12.8 Å². The smallest absolute Gasteiger partial charge is 0.302 e. The molecule has 0 aliphatic heterocycles. The molecule has 0 aromatic rings. The zero-order valence-electron chi connectivity index (χ0n) is 8.02. The maximum absolute atomic E-state index is 12.4. The van der Waals surface area contributed by atoms with E-state index < -0.39 is 9.85 Å². The summed E-state index contributed by atoms with van der Waals surface area (Å²) in [6.45, 7) is 5.65. The Morgan fingerprint density at radius 1 is 1.58 bits per heavy atom. The second kappa shape index (κ2) is 5.30. The van der Waals surface area contributed by atoms with E-state index in [1.165, 1.54) is 6.92 Å². The average Bonchev–Trinajstić information content (AvgIpc) is 1.98. The molecule has 4 heteroatoms. The molecule has 0 aromatic heterocycles. The molecule has 0 aliphatic carbocycles. The molecule has 0 saturated carbocycles. The average molecular weight is 192 g/mol. The SMILES string of the molecule is CC(=O)OCCCC(C)(C)[SiH2]F. The fraction of sp³-hybridized carbons (Fsp3) is 0.875. The van der Waals surface area contributed by atoms with Crippen LogP contribution in [0.4, 0.5) is 4.11 Å². The monoisotopic (exact) mass is 192 g/mol. The summed E-state index contributed by atoms with van der Waals surface area (Å²) in [6.07, 6.45) is 1.58. The van der Waals surface area contributed by atoms with Crippen molar-refractivity contribution >= 4 is 15.8 Å². The van der Waals surface area contributed by atoms with E-state index in [1.807, 2.05) is 13.8 Å². The van der Waals surface area contributed by atoms with Crippen molar-refractivity contribution in [1.82, 2.24) is 0 Å². The first kappa shape index (κ1) is 11.6. The van der Waals surface area contributed by atoms with E-state index in [9.17, 15) is 8.90 Å². The highest BCUT2D eigenvalue weighted by atomic mass is 28.3. The number of hydrogen-bond donors (Lipinski definition) is 0. The molecule has 0 fully saturated rings. The molecule has 0 aromatic carbocycles. The van der Waals surface area contributed by atoms with Crippen LogP contribution in [0.15, 0.2) is 0 Å². The summed E-state index contributed by atoms with van der Waals surface area (Å²) >= 11 is 0. The van der Waals surface area contributed by atoms with Gasteiger partial charge in [0.1, 0.15) is 0 Å². The van der Waals surface area contributed by atoms with Crippen LogP contribution >= 0.6 is 0 Å². The first-order chi connectivity index (χ1) is 5.48. The summed E-state index contributed by atoms with van der Waals surface area (Å²) in [7, 11) is -1.45. The first-order valence-electron chi connectivity index (χ1n) is 4.17. The van der Waals surface area contributed by atoms with Crippen molar-refractivity contribution in [2.75, 3.05) is 6.61 Å². The van der Waals surface area contributed by atoms with Crippen LogP contribution in [0.2, 0.25) is 5.04 Å². The number of carbonyl (C=O) groups is 1. The minimum absolute atomic E-state index is 0.139. The Morgan fingerprint density at radius 2 is 2.17 bits per heavy atom. The molecule has 72 valence electrons. The molecule has 12 heavy (non-hydrogen) atoms. The van der Waals surface area contributed by atoms with Crippen molar-refractivity contribution in [2.24, 2.45) is 0 Å². The molecule has 0 rings (SSSR count). The summed E-state index contributed by atoms with van der Waals surface area (Å²) < 4.78 is 17.1. The molecule has 0 atom stereocenters. The molecule has 0 radical (unpaired) electrons. The van der Waals surface area contributed by atoms with Gasteiger partial charge in [0.15, 0.2) is 0 Å². The van der Waals surface area contributed by atoms with Crippen molar-refractivity contribution in [3.05, 3.63) is 0 Å². The van der Waals surface area contributed by atoms with Gasteiger partial charge in [0.2, 0.25) is 9.85 Å². The third kappa shape index (κ3) is 6.33. The van der Waals surface area contributed by atoms with Crippen LogP contribution in [0.25, 0.3) is 0 Å². The highest BCUT2D eigenvalue weighted by Crippen LogP contribution is 2.28. The maximum Gasteiger partial charge on any atom is 0.302 e. The lowest BCUT2D eigenvalue weighted by Crippen LogP contribution is -2.10. The van der Waals surface area contributed by atoms with Crippen LogP contribution in [-0.4, -0.2) is 22.4 Å². The summed E-state index contributed by atoms with van der Waals surface area (Å²) in [5, 5.41) is -0.139. The van der Waals surface area contributed by atoms with E-state index in [0.29, 0.717) is 6.61 Å². The molecular formula is C8H17FO2Si. The zero-order chi connectivity index (χ0) is 9.61. The fourth-order valence-electron chi connectivity index (χ4n) is 0.833. The molecule has 2 nitrogen and oxygen atoms in total. The minimum atomic E-state index is -1.45. The number of halogens is 1. The van der Waals surface area contributed by atoms with Crippen LogP contribution in [-0.2, 0) is 9.53 Å². The van der Waals surface area contributed by atoms with Gasteiger partial charge in [0.25, 0.3) is 0 Å². The van der Waals surface area contributed by atoms with Gasteiger partial charge in [-0.25, -0.2) is 0 Å². The largest absolute Gasteiger partial charge is 0.466 e. The molecule has 0 aliphatic rings. The molecular weight excluding hydrogens is 175 g/mol. The summed E-state index contributed by atoms with van der Waals surface area (Å²) in [4.78, 5) is 10.4. The van der Waals surface area contributed by atoms with Crippen LogP contribution in [0.3, 0.4) is 0 Å². The molecule has 0 saturated heterocycles. The number of rotatable bonds is 5. The Hall–Kier alpha value is -0.383. The van der Waals surface area contributed by atoms with E-state index in [2.05, 4.69) is 0 Å². The van der Waals surface area contributed by atoms with Crippen molar-refractivity contribution in [3.8, 4) is 0 Å². The second-order valence-electron chi connectivity index (χ2n) is 3.74. The lowest BCUT2D eigenvalue weighted by atomic mass is 10.1. The number of ether oxygens (including phenoxy) is 1. The number of carbonyl (C=O) groups excluding carboxylic acids is 1. The Kier molecular flexibility index (Phi) is 5.13. The predicted molar refractivity (Wildman–Crippen MR) is 49.6 cm³/mol. The minimum Gasteiger partial charge on any atom is -0.466 e. The lowest BCUT2D eigenvalue weighted by molar-refractivity contribution is -0.141. The highest BCUT2D eigenvalue weighted by Gasteiger charge is 2.17. The Labute approximate surface area is 75.5 Å². The van der Waals surface area contributed by atoms with Gasteiger partial charge in [-0.15, -0.1) is 0 Å². The molecule has 0 spiro atoms. The van der Waals surface area contributed by atoms with Gasteiger partial charge in [-0.05, 0) is 17.9 Å². The third-order valence-electron chi connectivity index (χ3n) is 1.66. The first-order valence-corrected chi connectivity index (χ1v) is 5.41. The van der Waals surface area contributed by atoms with Crippen LogP contribution in [0.5, 0.6) is 0 Å². The topological polar surface area (TPSA) is 26.3 Å². The maximum atomic E-state index is 12.4. The van der Waals surface area contributed by atoms with Gasteiger partial charge in [-0.2, -0.15) is 0 Å². The molecule has 0 bridgehead atoms. The second-order valence-corrected chi connectivity index (χ2v) is 5.92. The standard InChI is InChI=1S/C8H17FO2Si/c1-7(10)11-6-4-5-8(2,3)12-9/h4-6,12H2,1-3H3. The van der Waals surface area contributed by atoms with E-state index in [1.54, 1.807) is 0 Å². The van der Waals surface area contributed by atoms with Crippen LogP contribution < -0.4 is 0 Å². The van der Waals surface area contributed by atoms with Crippen LogP contribution in [0, 0.1) is 0 Å². The molecule has 0 unspecified atom stereocenters. The van der Waals surface area contributed by atoms with Gasteiger partial charge in [0.05, 0.1) is 6.61 Å². The summed E-state index contributed by atoms with van der Waals surface area (Å²) in [5.74, 6) is -0.259. The van der Waals surface area contributed by atoms with Crippen molar-refractivity contribution < 1.29 is 13.6 Å². The summed E-state index contributed by atoms with van der Waals surface area (Å²) in [5.41, 5.74) is 0. The third-order valence-corrected chi connectivity index (χ3v) is 2.74. The quantitative estimate of drug-likeness (QED) is 0.286. The normalized spacial score (nSPS) is 12.3. The van der Waals surface area contributed by atoms with Gasteiger partial charge in [-0.1, -0.05) is 13.8 Å². The van der Waals surface area contributed by atoms with Crippen molar-refractivity contribution in [2.45, 2.75) is 38.7 Å². The number of hydrogen-bond acceptors (Lipinski definition) is 2. The Morgan fingerprint density at radius 3 is 2.58 bits per heavy atom. The summed E-state index contributed by atoms with van der Waals surface area (Å²) in [6, 6.07) is 0. The van der Waals surface area contributed by atoms with Crippen molar-refractivity contribution in [3.63, 3.8) is 0 Å². The molecule has 0 amide bonds. The Bertz CT molecular complexity index is 148. The van der Waals surface area contributed by atoms with Gasteiger partial charge in [0, 0.05) is 6.92 Å². The highest BCUT2D eigenvalue weighted by molar-refractivity contribution is 6.30. The molecule has 0 N–H and O–H groups in total. The van der Waals surface area contributed by atoms with E-state index in [-0.39, 0.29) is 11.0 Å². The van der Waals surface area contributed by atoms with E-state index in [4.69, 9.17) is 4.74 Å². The van der Waals surface area contributed by atoms with Gasteiger partial charge >= 0.3 is 5.97 Å². The predicted octanol–water partition coefficient (Wildman–Crippen LogP) is 1.58. The number of esters is 1. The van der Waals surface area contributed by atoms with Gasteiger partial charge < -0.3 is 8.84 Å². The molecule has 0 heterocycles. The lowest BCUT2D eigenvalue weighted by Gasteiger charge is -2.18. The fourth-order valence-corrected chi connectivity index (χ4v) is 1.22. The van der Waals surface area contributed by atoms with E-state index >= 15 is 0 Å². The zero-order valence-corrected chi connectivity index (χ0v) is 9.44. The Balaban J connectivity index is 3.37. The van der Waals surface area contributed by atoms with Crippen LogP contribution in [0.1, 0.15) is 33.6 Å².